The third-order valence-electron chi connectivity index (χ3n) is 17.1. The topological polar surface area (TPSA) is 307 Å². The summed E-state index contributed by atoms with van der Waals surface area (Å²) in [7, 11) is -3.41. The first-order chi connectivity index (χ1) is 41.7. The van der Waals surface area contributed by atoms with E-state index in [0.717, 1.165) is 46.6 Å². The fourth-order valence-electron chi connectivity index (χ4n) is 12.2. The monoisotopic (exact) mass is 1250 g/mol. The number of nitrogens with zero attached hydrogens (tertiary/aromatic N) is 4. The lowest BCUT2D eigenvalue weighted by Gasteiger charge is -2.38. The molecule has 8 N–H and O–H groups in total. The van der Waals surface area contributed by atoms with Gasteiger partial charge in [0.05, 0.1) is 10.4 Å². The van der Waals surface area contributed by atoms with Crippen LogP contribution in [0.4, 0.5) is 8.78 Å². The smallest absolute Gasteiger partial charge is 0.370 e. The Balaban J connectivity index is 0.869. The van der Waals surface area contributed by atoms with E-state index >= 15 is 0 Å². The lowest BCUT2D eigenvalue weighted by atomic mass is 9.86. The van der Waals surface area contributed by atoms with Crippen LogP contribution >= 0.6 is 19.9 Å². The predicted octanol–water partition coefficient (Wildman–Crippen LogP) is 4.50. The summed E-state index contributed by atoms with van der Waals surface area (Å²) in [6, 6.07) is 11.3. The van der Waals surface area contributed by atoms with Crippen LogP contribution in [-0.2, 0) is 67.4 Å². The summed E-state index contributed by atoms with van der Waals surface area (Å²) < 4.78 is 33.7. The van der Waals surface area contributed by atoms with Gasteiger partial charge in [-0.2, -0.15) is 8.78 Å². The minimum Gasteiger partial charge on any atom is -0.370 e. The third kappa shape index (κ3) is 15.2. The van der Waals surface area contributed by atoms with E-state index in [1.165, 1.54) is 33.8 Å². The van der Waals surface area contributed by atoms with Crippen LogP contribution in [0.3, 0.4) is 0 Å². The van der Waals surface area contributed by atoms with Gasteiger partial charge in [-0.05, 0) is 121 Å². The Morgan fingerprint density at radius 2 is 1.59 bits per heavy atom. The average Bonchev–Trinajstić information content (AvgIpc) is 1.77. The van der Waals surface area contributed by atoms with Gasteiger partial charge in [0, 0.05) is 87.2 Å². The molecule has 10 amide bonds. The van der Waals surface area contributed by atoms with Gasteiger partial charge in [0.25, 0.3) is 11.8 Å². The molecule has 5 aliphatic rings. The molecule has 22 nitrogen and oxygen atoms in total. The number of halogens is 2. The number of hydrogen-bond donors (Lipinski definition) is 7. The highest BCUT2D eigenvalue weighted by atomic mass is 32.1. The van der Waals surface area contributed by atoms with Crippen LogP contribution in [0.1, 0.15) is 146 Å². The quantitative estimate of drug-likeness (QED) is 0.0411. The van der Waals surface area contributed by atoms with Crippen LogP contribution in [0.25, 0.3) is 10.1 Å². The zero-order valence-electron chi connectivity index (χ0n) is 49.3. The van der Waals surface area contributed by atoms with Gasteiger partial charge in [0.2, 0.25) is 47.3 Å². The van der Waals surface area contributed by atoms with Crippen LogP contribution in [0.2, 0.25) is 0 Å². The molecular formula is C62H72F2N9O13PS. The summed E-state index contributed by atoms with van der Waals surface area (Å²) in [4.78, 5) is 160. The predicted molar refractivity (Wildman–Crippen MR) is 319 cm³/mol. The van der Waals surface area contributed by atoms with E-state index in [2.05, 4.69) is 58.4 Å². The van der Waals surface area contributed by atoms with E-state index in [1.54, 1.807) is 17.0 Å². The van der Waals surface area contributed by atoms with Crippen LogP contribution in [0, 0.1) is 17.8 Å². The molecule has 0 radical (unpaired) electrons. The van der Waals surface area contributed by atoms with Crippen molar-refractivity contribution in [2.24, 2.45) is 11.7 Å². The second kappa shape index (κ2) is 27.3. The number of nitrogens with one attached hydrogen (secondary N) is 4. The zero-order valence-corrected chi connectivity index (χ0v) is 51.0. The molecule has 3 aromatic carbocycles. The molecule has 0 spiro atoms. The minimum absolute atomic E-state index is 0.0153. The summed E-state index contributed by atoms with van der Waals surface area (Å²) >= 11 is 0.928. The highest BCUT2D eigenvalue weighted by Gasteiger charge is 2.47. The first-order valence-corrected chi connectivity index (χ1v) is 31.4. The highest BCUT2D eigenvalue weighted by Crippen LogP contribution is 2.43. The van der Waals surface area contributed by atoms with Crippen molar-refractivity contribution in [1.82, 2.24) is 40.9 Å². The maximum Gasteiger partial charge on any atom is 0.389 e. The summed E-state index contributed by atoms with van der Waals surface area (Å²) in [5.41, 5.74) is 8.44. The molecule has 6 atom stereocenters. The minimum atomic E-state index is -4.06. The number of carbonyl (C=O) groups excluding carboxylic acids is 10. The Bertz CT molecular complexity index is 3470. The van der Waals surface area contributed by atoms with Gasteiger partial charge in [-0.15, -0.1) is 11.3 Å². The van der Waals surface area contributed by atoms with E-state index in [9.17, 15) is 56.7 Å². The second-order valence-corrected chi connectivity index (χ2v) is 25.9. The summed E-state index contributed by atoms with van der Waals surface area (Å²) in [5.74, 6) is 1.13. The summed E-state index contributed by atoms with van der Waals surface area (Å²) in [5, 5.41) is 10.9. The van der Waals surface area contributed by atoms with Gasteiger partial charge >= 0.3 is 14.7 Å². The molecule has 6 heterocycles. The van der Waals surface area contributed by atoms with Gasteiger partial charge in [-0.1, -0.05) is 62.9 Å². The highest BCUT2D eigenvalue weighted by molar-refractivity contribution is 7.39. The Morgan fingerprint density at radius 3 is 2.27 bits per heavy atom. The number of nitrogens with two attached hydrogens (primary N) is 1. The largest absolute Gasteiger partial charge is 0.389 e. The van der Waals surface area contributed by atoms with Crippen LogP contribution in [0.5, 0.6) is 0 Å². The molecule has 4 fully saturated rings. The van der Waals surface area contributed by atoms with E-state index in [4.69, 9.17) is 15.5 Å². The van der Waals surface area contributed by atoms with Gasteiger partial charge < -0.3 is 51.1 Å². The van der Waals surface area contributed by atoms with Crippen LogP contribution in [0.15, 0.2) is 66.7 Å². The normalized spacial score (nSPS) is 20.7. The van der Waals surface area contributed by atoms with Crippen molar-refractivity contribution in [1.29, 1.82) is 0 Å². The van der Waals surface area contributed by atoms with Gasteiger partial charge in [-0.25, -0.2) is 4.52 Å². The van der Waals surface area contributed by atoms with Crippen molar-refractivity contribution >= 4 is 89.1 Å². The van der Waals surface area contributed by atoms with Crippen LogP contribution < -0.4 is 27.0 Å². The Hall–Kier alpha value is -7.75. The van der Waals surface area contributed by atoms with Gasteiger partial charge in [-0.3, -0.25) is 53.3 Å². The molecular weight excluding hydrogens is 1180 g/mol. The van der Waals surface area contributed by atoms with E-state index in [1.807, 2.05) is 30.3 Å². The number of rotatable bonds is 18. The number of piperidine rings is 2. The Kier molecular flexibility index (Phi) is 20.1. The number of amides is 10. The van der Waals surface area contributed by atoms with Crippen molar-refractivity contribution in [2.75, 3.05) is 26.2 Å². The Morgan fingerprint density at radius 1 is 0.875 bits per heavy atom. The van der Waals surface area contributed by atoms with E-state index in [-0.39, 0.29) is 110 Å². The number of likely N-dealkylation sites (tertiary alicyclic amines) is 1. The first-order valence-electron chi connectivity index (χ1n) is 29.4. The average molecular weight is 1250 g/mol. The molecule has 26 heteroatoms. The molecule has 0 bridgehead atoms. The number of fused-ring (bicyclic) bond motifs is 3. The van der Waals surface area contributed by atoms with Crippen molar-refractivity contribution in [2.45, 2.75) is 159 Å². The van der Waals surface area contributed by atoms with E-state index < -0.39 is 92.0 Å². The molecule has 88 heavy (non-hydrogen) atoms. The number of benzene rings is 3. The third-order valence-corrected chi connectivity index (χ3v) is 18.6. The molecule has 468 valence electrons. The standard InChI is InChI=1S/C62H72F2N9O13PS/c1-35(74)71-29-26-42-17-19-49(73(42)60(83)47(34-71)68-57(80)51-32-39-31-41(16-21-50(39)88-51)62(63,64)86-87(84)85)56(79)66-45(18-22-52(65)75)54(77)67-46(30-37-12-14-40(15-13-37)61(2,3)4)59(82)70-27-24-36(25-28-70)8-5-6-9-38-10-7-11-43-44(38)33-72(58(43)81)48-20-23-53(76)69-55(48)78/h7,10-16,21,31-32,36,42,45-49,84-85H,5,8,17-20,22-30,33-34H2,1-4H3,(H2,65,75)(H,66,79)(H,67,77)(H,68,80)(H,69,76,78)/t42-,45+,46+,47+,48?,49+/m1/s1. The summed E-state index contributed by atoms with van der Waals surface area (Å²) in [6.07, 6.45) is -0.835. The summed E-state index contributed by atoms with van der Waals surface area (Å²) in [6.45, 7) is 8.42. The molecule has 4 saturated heterocycles. The SMILES string of the molecule is CC(=O)N1CC[C@H]2CC[C@@H](C(=O)N[C@@H](CCC(N)=O)C(=O)N[C@@H](Cc3ccc(C(C)(C)C)cc3)C(=O)N3CCC(CCC#Cc4cccc5c4CN(C4CCC(=O)NC4=O)C5=O)CC3)N2C(=O)[C@@H](NC(=O)c2cc3cc(C(F)(F)OP(O)O)ccc3s2)C1. The molecule has 1 unspecified atom stereocenters. The number of primary amides is 1. The van der Waals surface area contributed by atoms with Crippen LogP contribution in [-0.4, -0.2) is 151 Å². The number of hydrogen-bond acceptors (Lipinski definition) is 14. The lowest BCUT2D eigenvalue weighted by Crippen LogP contribution is -2.62. The first kappa shape index (κ1) is 64.7. The number of alkyl halides is 2. The molecule has 5 aliphatic heterocycles. The molecule has 9 rings (SSSR count). The number of carbonyl (C=O) groups is 10. The fourth-order valence-corrected chi connectivity index (χ4v) is 13.5. The fraction of sp³-hybridized carbons (Fsp3) is 0.484. The Labute approximate surface area is 512 Å². The van der Waals surface area contributed by atoms with Gasteiger partial charge in [0.1, 0.15) is 30.2 Å². The zero-order chi connectivity index (χ0) is 63.4. The van der Waals surface area contributed by atoms with Crippen molar-refractivity contribution in [3.8, 4) is 11.8 Å². The van der Waals surface area contributed by atoms with Crippen molar-refractivity contribution in [3.05, 3.63) is 105 Å². The molecule has 0 saturated carbocycles. The van der Waals surface area contributed by atoms with Crippen molar-refractivity contribution in [3.63, 3.8) is 0 Å². The maximum atomic E-state index is 14.8. The molecule has 4 aromatic rings. The lowest BCUT2D eigenvalue weighted by molar-refractivity contribution is -0.189. The molecule has 1 aromatic heterocycles. The van der Waals surface area contributed by atoms with E-state index in [0.29, 0.717) is 54.6 Å². The number of thiophene rings is 1. The van der Waals surface area contributed by atoms with Crippen molar-refractivity contribution < 1.29 is 71.0 Å². The van der Waals surface area contributed by atoms with Gasteiger partial charge in [0.15, 0.2) is 0 Å². The second-order valence-electron chi connectivity index (χ2n) is 24.1. The molecule has 0 aliphatic carbocycles. The maximum absolute atomic E-state index is 14.8. The number of imide groups is 1.